The molecule has 5 heteroatoms. The molecule has 1 amide bonds. The first-order chi connectivity index (χ1) is 12.1. The highest BCUT2D eigenvalue weighted by atomic mass is 16.4. The standard InChI is InChI=1S/C20H22N2O3/c23-19(7-6-15-8-10-21-11-9-15)22-12-2-5-18(14-22)16-3-1-4-17(13-16)20(24)25/h1,3-4,8-11,13,18H,2,5-7,12,14H2,(H,24,25)/t18-/m1/s1. The molecule has 25 heavy (non-hydrogen) atoms. The van der Waals surface area contributed by atoms with E-state index in [9.17, 15) is 9.59 Å². The van der Waals surface area contributed by atoms with Gasteiger partial charge in [-0.3, -0.25) is 9.78 Å². The predicted molar refractivity (Wildman–Crippen MR) is 94.5 cm³/mol. The second-order valence-electron chi connectivity index (χ2n) is 6.46. The van der Waals surface area contributed by atoms with Crippen LogP contribution in [-0.2, 0) is 11.2 Å². The molecule has 130 valence electrons. The summed E-state index contributed by atoms with van der Waals surface area (Å²) in [6.45, 7) is 1.45. The average Bonchev–Trinajstić information content (AvgIpc) is 2.67. The average molecular weight is 338 g/mol. The lowest BCUT2D eigenvalue weighted by atomic mass is 9.89. The molecule has 0 aliphatic carbocycles. The molecule has 1 aromatic heterocycles. The Morgan fingerprint density at radius 2 is 2.00 bits per heavy atom. The first kappa shape index (κ1) is 17.1. The van der Waals surface area contributed by atoms with Gasteiger partial charge in [0.2, 0.25) is 5.91 Å². The number of rotatable bonds is 5. The Balaban J connectivity index is 1.61. The summed E-state index contributed by atoms with van der Waals surface area (Å²) in [4.78, 5) is 29.6. The Labute approximate surface area is 147 Å². The molecule has 1 saturated heterocycles. The summed E-state index contributed by atoms with van der Waals surface area (Å²) in [5.74, 6) is -0.545. The SMILES string of the molecule is O=C(O)c1cccc([C@@H]2CCCN(C(=O)CCc3ccncc3)C2)c1. The third-order valence-electron chi connectivity index (χ3n) is 4.76. The maximum absolute atomic E-state index is 12.5. The second-order valence-corrected chi connectivity index (χ2v) is 6.46. The molecule has 0 radical (unpaired) electrons. The fourth-order valence-electron chi connectivity index (χ4n) is 3.36. The van der Waals surface area contributed by atoms with E-state index in [1.165, 1.54) is 0 Å². The molecule has 1 atom stereocenters. The molecular formula is C20H22N2O3. The van der Waals surface area contributed by atoms with Gasteiger partial charge in [-0.25, -0.2) is 4.79 Å². The number of carboxylic acid groups (broad SMARTS) is 1. The number of carbonyl (C=O) groups excluding carboxylic acids is 1. The van der Waals surface area contributed by atoms with Gasteiger partial charge in [-0.2, -0.15) is 0 Å². The molecule has 2 aromatic rings. The number of benzene rings is 1. The van der Waals surface area contributed by atoms with E-state index in [1.807, 2.05) is 23.1 Å². The summed E-state index contributed by atoms with van der Waals surface area (Å²) in [5, 5.41) is 9.16. The maximum Gasteiger partial charge on any atom is 0.335 e. The van der Waals surface area contributed by atoms with Crippen LogP contribution in [0.3, 0.4) is 0 Å². The van der Waals surface area contributed by atoms with E-state index in [0.29, 0.717) is 18.5 Å². The molecule has 0 spiro atoms. The molecule has 1 aromatic carbocycles. The zero-order valence-electron chi connectivity index (χ0n) is 14.1. The summed E-state index contributed by atoms with van der Waals surface area (Å²) in [6, 6.07) is 10.9. The Bertz CT molecular complexity index is 746. The topological polar surface area (TPSA) is 70.5 Å². The lowest BCUT2D eigenvalue weighted by molar-refractivity contribution is -0.132. The Kier molecular flexibility index (Phi) is 5.43. The highest BCUT2D eigenvalue weighted by molar-refractivity contribution is 5.87. The summed E-state index contributed by atoms with van der Waals surface area (Å²) >= 11 is 0. The number of aromatic carboxylic acids is 1. The number of aryl methyl sites for hydroxylation is 1. The zero-order valence-corrected chi connectivity index (χ0v) is 14.1. The van der Waals surface area contributed by atoms with Crippen molar-refractivity contribution in [2.24, 2.45) is 0 Å². The Morgan fingerprint density at radius 1 is 1.20 bits per heavy atom. The van der Waals surface area contributed by atoms with E-state index in [1.54, 1.807) is 30.6 Å². The van der Waals surface area contributed by atoms with Gasteiger partial charge in [-0.05, 0) is 54.7 Å². The van der Waals surface area contributed by atoms with Crippen LogP contribution in [0.25, 0.3) is 0 Å². The van der Waals surface area contributed by atoms with E-state index in [2.05, 4.69) is 4.98 Å². The van der Waals surface area contributed by atoms with Crippen LogP contribution in [-0.4, -0.2) is 40.0 Å². The van der Waals surface area contributed by atoms with Crippen LogP contribution in [0.1, 0.15) is 46.7 Å². The minimum Gasteiger partial charge on any atom is -0.478 e. The molecule has 0 saturated carbocycles. The first-order valence-corrected chi connectivity index (χ1v) is 8.63. The number of amides is 1. The van der Waals surface area contributed by atoms with Crippen molar-refractivity contribution in [3.8, 4) is 0 Å². The van der Waals surface area contributed by atoms with E-state index >= 15 is 0 Å². The van der Waals surface area contributed by atoms with E-state index in [-0.39, 0.29) is 11.8 Å². The van der Waals surface area contributed by atoms with Crippen LogP contribution >= 0.6 is 0 Å². The highest BCUT2D eigenvalue weighted by Crippen LogP contribution is 2.28. The third kappa shape index (κ3) is 4.44. The normalized spacial score (nSPS) is 17.3. The number of likely N-dealkylation sites (tertiary alicyclic amines) is 1. The molecule has 1 N–H and O–H groups in total. The largest absolute Gasteiger partial charge is 0.478 e. The zero-order chi connectivity index (χ0) is 17.6. The molecule has 5 nitrogen and oxygen atoms in total. The van der Waals surface area contributed by atoms with Gasteiger partial charge in [0.15, 0.2) is 0 Å². The van der Waals surface area contributed by atoms with E-state index in [0.717, 1.165) is 36.9 Å². The number of aromatic nitrogens is 1. The lowest BCUT2D eigenvalue weighted by Crippen LogP contribution is -2.39. The monoisotopic (exact) mass is 338 g/mol. The number of hydrogen-bond donors (Lipinski definition) is 1. The maximum atomic E-state index is 12.5. The van der Waals surface area contributed by atoms with Gasteiger partial charge in [0.05, 0.1) is 5.56 Å². The summed E-state index contributed by atoms with van der Waals surface area (Å²) < 4.78 is 0. The van der Waals surface area contributed by atoms with Crippen LogP contribution < -0.4 is 0 Å². The van der Waals surface area contributed by atoms with Crippen molar-refractivity contribution in [1.29, 1.82) is 0 Å². The van der Waals surface area contributed by atoms with Crippen LogP contribution in [0.4, 0.5) is 0 Å². The molecule has 1 aliphatic rings. The van der Waals surface area contributed by atoms with Gasteiger partial charge in [0.1, 0.15) is 0 Å². The molecule has 3 rings (SSSR count). The van der Waals surface area contributed by atoms with Gasteiger partial charge in [0.25, 0.3) is 0 Å². The molecule has 0 bridgehead atoms. The summed E-state index contributed by atoms with van der Waals surface area (Å²) in [5.41, 5.74) is 2.43. The van der Waals surface area contributed by atoms with Gasteiger partial charge < -0.3 is 10.0 Å². The van der Waals surface area contributed by atoms with Crippen molar-refractivity contribution in [2.45, 2.75) is 31.6 Å². The number of pyridine rings is 1. The molecule has 1 aliphatic heterocycles. The molecule has 2 heterocycles. The second kappa shape index (κ2) is 7.92. The van der Waals surface area contributed by atoms with Gasteiger partial charge >= 0.3 is 5.97 Å². The van der Waals surface area contributed by atoms with Crippen molar-refractivity contribution < 1.29 is 14.7 Å². The number of piperidine rings is 1. The summed E-state index contributed by atoms with van der Waals surface area (Å²) in [6.07, 6.45) is 6.63. The molecular weight excluding hydrogens is 316 g/mol. The van der Waals surface area contributed by atoms with Gasteiger partial charge in [-0.1, -0.05) is 12.1 Å². The van der Waals surface area contributed by atoms with Crippen molar-refractivity contribution in [3.05, 3.63) is 65.5 Å². The minimum atomic E-state index is -0.914. The number of carboxylic acids is 1. The third-order valence-corrected chi connectivity index (χ3v) is 4.76. The first-order valence-electron chi connectivity index (χ1n) is 8.63. The number of nitrogens with zero attached hydrogens (tertiary/aromatic N) is 2. The van der Waals surface area contributed by atoms with Gasteiger partial charge in [0, 0.05) is 37.8 Å². The summed E-state index contributed by atoms with van der Waals surface area (Å²) in [7, 11) is 0. The van der Waals surface area contributed by atoms with Gasteiger partial charge in [-0.15, -0.1) is 0 Å². The molecule has 1 fully saturated rings. The predicted octanol–water partition coefficient (Wildman–Crippen LogP) is 3.12. The van der Waals surface area contributed by atoms with Crippen molar-refractivity contribution in [2.75, 3.05) is 13.1 Å². The highest BCUT2D eigenvalue weighted by Gasteiger charge is 2.25. The number of hydrogen-bond acceptors (Lipinski definition) is 3. The lowest BCUT2D eigenvalue weighted by Gasteiger charge is -2.33. The van der Waals surface area contributed by atoms with Crippen LogP contribution in [0.5, 0.6) is 0 Å². The quantitative estimate of drug-likeness (QED) is 0.909. The fraction of sp³-hybridized carbons (Fsp3) is 0.350. The number of carbonyl (C=O) groups is 2. The van der Waals surface area contributed by atoms with E-state index in [4.69, 9.17) is 5.11 Å². The fourth-order valence-corrected chi connectivity index (χ4v) is 3.36. The van der Waals surface area contributed by atoms with Crippen LogP contribution in [0, 0.1) is 0 Å². The minimum absolute atomic E-state index is 0.163. The van der Waals surface area contributed by atoms with Crippen molar-refractivity contribution in [1.82, 2.24) is 9.88 Å². The van der Waals surface area contributed by atoms with Crippen LogP contribution in [0.2, 0.25) is 0 Å². The smallest absolute Gasteiger partial charge is 0.335 e. The van der Waals surface area contributed by atoms with Crippen molar-refractivity contribution >= 4 is 11.9 Å². The Hall–Kier alpha value is -2.69. The molecule has 0 unspecified atom stereocenters. The van der Waals surface area contributed by atoms with Crippen molar-refractivity contribution in [3.63, 3.8) is 0 Å². The Morgan fingerprint density at radius 3 is 2.76 bits per heavy atom. The van der Waals surface area contributed by atoms with E-state index < -0.39 is 5.97 Å². The van der Waals surface area contributed by atoms with Crippen LogP contribution in [0.15, 0.2) is 48.8 Å².